The van der Waals surface area contributed by atoms with Gasteiger partial charge in [0.05, 0.1) is 6.10 Å². The number of nitrogens with zero attached hydrogens (tertiary/aromatic N) is 1. The normalized spacial score (nSPS) is 14.3. The molecule has 0 spiro atoms. The number of benzene rings is 1. The van der Waals surface area contributed by atoms with Crippen molar-refractivity contribution < 1.29 is 4.74 Å². The van der Waals surface area contributed by atoms with Gasteiger partial charge in [0.2, 0.25) is 0 Å². The van der Waals surface area contributed by atoms with Gasteiger partial charge >= 0.3 is 0 Å². The Hall–Kier alpha value is -1.22. The summed E-state index contributed by atoms with van der Waals surface area (Å²) in [7, 11) is 5.82. The first-order valence-corrected chi connectivity index (χ1v) is 5.61. The highest BCUT2D eigenvalue weighted by Gasteiger charge is 2.10. The lowest BCUT2D eigenvalue weighted by molar-refractivity contribution is 0.106. The van der Waals surface area contributed by atoms with E-state index < -0.39 is 0 Å². The number of rotatable bonds is 5. The predicted octanol–water partition coefficient (Wildman–Crippen LogP) is 2.59. The first-order valence-electron chi connectivity index (χ1n) is 5.61. The summed E-state index contributed by atoms with van der Waals surface area (Å²) in [6.07, 6.45) is 0.197. The van der Waals surface area contributed by atoms with Crippen molar-refractivity contribution in [3.63, 3.8) is 0 Å². The van der Waals surface area contributed by atoms with E-state index in [1.807, 2.05) is 14.1 Å². The zero-order chi connectivity index (χ0) is 12.1. The third-order valence-electron chi connectivity index (χ3n) is 2.83. The van der Waals surface area contributed by atoms with Crippen molar-refractivity contribution in [1.82, 2.24) is 0 Å². The molecule has 0 aliphatic rings. The van der Waals surface area contributed by atoms with E-state index in [2.05, 4.69) is 48.3 Å². The lowest BCUT2D eigenvalue weighted by atomic mass is 10.2. The van der Waals surface area contributed by atoms with Crippen molar-refractivity contribution in [3.8, 4) is 0 Å². The number of hydrogen-bond donors (Lipinski definition) is 1. The molecule has 1 aromatic carbocycles. The Kier molecular flexibility index (Phi) is 4.62. The monoisotopic (exact) mass is 222 g/mol. The summed E-state index contributed by atoms with van der Waals surface area (Å²) in [5, 5.41) is 3.44. The Labute approximate surface area is 98.4 Å². The second kappa shape index (κ2) is 5.75. The zero-order valence-corrected chi connectivity index (χ0v) is 10.8. The minimum Gasteiger partial charge on any atom is -0.380 e. The van der Waals surface area contributed by atoms with Crippen LogP contribution in [0.15, 0.2) is 24.3 Å². The molecule has 0 aliphatic heterocycles. The van der Waals surface area contributed by atoms with E-state index in [1.54, 1.807) is 7.11 Å². The SMILES string of the molecule is COC(C)C(C)Nc1cccc(N(C)C)c1. The Morgan fingerprint density at radius 1 is 1.25 bits per heavy atom. The van der Waals surface area contributed by atoms with Crippen molar-refractivity contribution in [2.45, 2.75) is 26.0 Å². The Morgan fingerprint density at radius 2 is 1.94 bits per heavy atom. The van der Waals surface area contributed by atoms with Crippen LogP contribution in [0.25, 0.3) is 0 Å². The Bertz CT molecular complexity index is 325. The van der Waals surface area contributed by atoms with Crippen molar-refractivity contribution in [2.24, 2.45) is 0 Å². The number of anilines is 2. The van der Waals surface area contributed by atoms with E-state index in [1.165, 1.54) is 5.69 Å². The maximum Gasteiger partial charge on any atom is 0.0741 e. The second-order valence-electron chi connectivity index (χ2n) is 4.32. The van der Waals surface area contributed by atoms with Crippen LogP contribution in [0.3, 0.4) is 0 Å². The molecular weight excluding hydrogens is 200 g/mol. The van der Waals surface area contributed by atoms with E-state index in [4.69, 9.17) is 4.74 Å². The van der Waals surface area contributed by atoms with Gasteiger partial charge in [0.1, 0.15) is 0 Å². The fourth-order valence-corrected chi connectivity index (χ4v) is 1.46. The van der Waals surface area contributed by atoms with Crippen LogP contribution >= 0.6 is 0 Å². The molecule has 2 atom stereocenters. The highest BCUT2D eigenvalue weighted by atomic mass is 16.5. The average molecular weight is 222 g/mol. The summed E-state index contributed by atoms with van der Waals surface area (Å²) in [5.74, 6) is 0. The smallest absolute Gasteiger partial charge is 0.0741 e. The summed E-state index contributed by atoms with van der Waals surface area (Å²) in [6.45, 7) is 4.18. The third-order valence-corrected chi connectivity index (χ3v) is 2.83. The standard InChI is InChI=1S/C13H22N2O/c1-10(11(2)16-5)14-12-7-6-8-13(9-12)15(3)4/h6-11,14H,1-5H3. The maximum absolute atomic E-state index is 5.29. The molecule has 2 unspecified atom stereocenters. The number of hydrogen-bond acceptors (Lipinski definition) is 3. The van der Waals surface area contributed by atoms with Gasteiger partial charge in [-0.25, -0.2) is 0 Å². The summed E-state index contributed by atoms with van der Waals surface area (Å²) in [6, 6.07) is 8.66. The van der Waals surface area contributed by atoms with Crippen LogP contribution in [-0.2, 0) is 4.74 Å². The van der Waals surface area contributed by atoms with Gasteiger partial charge in [-0.15, -0.1) is 0 Å². The van der Waals surface area contributed by atoms with Crippen LogP contribution in [0.5, 0.6) is 0 Å². The van der Waals surface area contributed by atoms with E-state index in [0.29, 0.717) is 6.04 Å². The van der Waals surface area contributed by atoms with Crippen molar-refractivity contribution >= 4 is 11.4 Å². The largest absolute Gasteiger partial charge is 0.380 e. The summed E-state index contributed by atoms with van der Waals surface area (Å²) in [4.78, 5) is 2.09. The molecule has 0 aromatic heterocycles. The lowest BCUT2D eigenvalue weighted by Crippen LogP contribution is -2.29. The van der Waals surface area contributed by atoms with Crippen molar-refractivity contribution in [1.29, 1.82) is 0 Å². The molecule has 3 heteroatoms. The first kappa shape index (κ1) is 12.8. The summed E-state index contributed by atoms with van der Waals surface area (Å²) >= 11 is 0. The maximum atomic E-state index is 5.29. The van der Waals surface area contributed by atoms with E-state index >= 15 is 0 Å². The van der Waals surface area contributed by atoms with Gasteiger partial charge < -0.3 is 15.0 Å². The summed E-state index contributed by atoms with van der Waals surface area (Å²) < 4.78 is 5.29. The third kappa shape index (κ3) is 3.42. The second-order valence-corrected chi connectivity index (χ2v) is 4.32. The highest BCUT2D eigenvalue weighted by molar-refractivity contribution is 5.57. The van der Waals surface area contributed by atoms with Gasteiger partial charge in [0.15, 0.2) is 0 Å². The Morgan fingerprint density at radius 3 is 2.50 bits per heavy atom. The molecule has 1 aromatic rings. The van der Waals surface area contributed by atoms with E-state index in [0.717, 1.165) is 5.69 Å². The predicted molar refractivity (Wildman–Crippen MR) is 70.3 cm³/mol. The fourth-order valence-electron chi connectivity index (χ4n) is 1.46. The molecule has 0 fully saturated rings. The molecule has 0 heterocycles. The first-order chi connectivity index (χ1) is 7.54. The zero-order valence-electron chi connectivity index (χ0n) is 10.8. The van der Waals surface area contributed by atoms with Crippen LogP contribution in [0.1, 0.15) is 13.8 Å². The number of ether oxygens (including phenoxy) is 1. The van der Waals surface area contributed by atoms with Gasteiger partial charge in [-0.2, -0.15) is 0 Å². The molecule has 3 nitrogen and oxygen atoms in total. The molecule has 1 N–H and O–H groups in total. The van der Waals surface area contributed by atoms with Crippen LogP contribution in [0, 0.1) is 0 Å². The number of methoxy groups -OCH3 is 1. The summed E-state index contributed by atoms with van der Waals surface area (Å²) in [5.41, 5.74) is 2.32. The van der Waals surface area contributed by atoms with Crippen LogP contribution in [0.4, 0.5) is 11.4 Å². The van der Waals surface area contributed by atoms with Crippen molar-refractivity contribution in [2.75, 3.05) is 31.4 Å². The Balaban J connectivity index is 2.70. The molecule has 0 amide bonds. The highest BCUT2D eigenvalue weighted by Crippen LogP contribution is 2.18. The minimum absolute atomic E-state index is 0.197. The van der Waals surface area contributed by atoms with Gasteiger partial charge in [0.25, 0.3) is 0 Å². The topological polar surface area (TPSA) is 24.5 Å². The molecular formula is C13H22N2O. The molecule has 90 valence electrons. The molecule has 0 bridgehead atoms. The van der Waals surface area contributed by atoms with Gasteiger partial charge in [-0.05, 0) is 32.0 Å². The molecule has 1 rings (SSSR count). The van der Waals surface area contributed by atoms with E-state index in [9.17, 15) is 0 Å². The van der Waals surface area contributed by atoms with Crippen molar-refractivity contribution in [3.05, 3.63) is 24.3 Å². The van der Waals surface area contributed by atoms with Gasteiger partial charge in [0, 0.05) is 38.6 Å². The van der Waals surface area contributed by atoms with Crippen LogP contribution in [0.2, 0.25) is 0 Å². The number of nitrogens with one attached hydrogen (secondary N) is 1. The van der Waals surface area contributed by atoms with Crippen LogP contribution < -0.4 is 10.2 Å². The fraction of sp³-hybridized carbons (Fsp3) is 0.538. The van der Waals surface area contributed by atoms with Crippen LogP contribution in [-0.4, -0.2) is 33.4 Å². The van der Waals surface area contributed by atoms with E-state index in [-0.39, 0.29) is 6.10 Å². The lowest BCUT2D eigenvalue weighted by Gasteiger charge is -2.22. The van der Waals surface area contributed by atoms with Gasteiger partial charge in [-0.1, -0.05) is 6.07 Å². The van der Waals surface area contributed by atoms with Gasteiger partial charge in [-0.3, -0.25) is 0 Å². The molecule has 0 saturated carbocycles. The minimum atomic E-state index is 0.197. The molecule has 0 aliphatic carbocycles. The molecule has 16 heavy (non-hydrogen) atoms. The molecule has 0 radical (unpaired) electrons. The average Bonchev–Trinajstić information content (AvgIpc) is 2.28. The quantitative estimate of drug-likeness (QED) is 0.828. The molecule has 0 saturated heterocycles.